The fourth-order valence-corrected chi connectivity index (χ4v) is 3.67. The van der Waals surface area contributed by atoms with Crippen molar-refractivity contribution in [1.82, 2.24) is 25.3 Å². The first kappa shape index (κ1) is 21.2. The van der Waals surface area contributed by atoms with Gasteiger partial charge in [-0.05, 0) is 39.3 Å². The third-order valence-electron chi connectivity index (χ3n) is 4.72. The van der Waals surface area contributed by atoms with Crippen molar-refractivity contribution in [2.45, 2.75) is 45.8 Å². The Morgan fingerprint density at radius 3 is 2.77 bits per heavy atom. The monoisotopic (exact) mass is 444 g/mol. The van der Waals surface area contributed by atoms with Gasteiger partial charge in [0.2, 0.25) is 0 Å². The molecule has 3 aromatic heterocycles. The SMILES string of the molecule is CCc1[nH]c2nc(Oc3cccnc3)nc(N3CC(NC(=O)OC(C)(C)C)C3)c2c1Cl. The molecule has 164 valence electrons. The van der Waals surface area contributed by atoms with E-state index in [4.69, 9.17) is 21.1 Å². The second kappa shape index (κ2) is 8.22. The minimum Gasteiger partial charge on any atom is -0.444 e. The molecule has 31 heavy (non-hydrogen) atoms. The van der Waals surface area contributed by atoms with Crippen LogP contribution in [-0.4, -0.2) is 50.8 Å². The molecule has 4 heterocycles. The fourth-order valence-electron chi connectivity index (χ4n) is 3.32. The summed E-state index contributed by atoms with van der Waals surface area (Å²) < 4.78 is 11.1. The van der Waals surface area contributed by atoms with Crippen LogP contribution in [0.2, 0.25) is 5.02 Å². The lowest BCUT2D eigenvalue weighted by molar-refractivity contribution is 0.0496. The van der Waals surface area contributed by atoms with Gasteiger partial charge in [-0.1, -0.05) is 18.5 Å². The Morgan fingerprint density at radius 2 is 2.13 bits per heavy atom. The van der Waals surface area contributed by atoms with Gasteiger partial charge >= 0.3 is 12.1 Å². The first-order valence-electron chi connectivity index (χ1n) is 10.1. The maximum Gasteiger partial charge on any atom is 0.407 e. The quantitative estimate of drug-likeness (QED) is 0.610. The normalized spacial score (nSPS) is 14.4. The van der Waals surface area contributed by atoms with Crippen LogP contribution in [0, 0.1) is 0 Å². The van der Waals surface area contributed by atoms with Crippen molar-refractivity contribution in [2.24, 2.45) is 0 Å². The van der Waals surface area contributed by atoms with Gasteiger partial charge in [0, 0.05) is 25.0 Å². The Balaban J connectivity index is 1.58. The van der Waals surface area contributed by atoms with E-state index in [1.54, 1.807) is 24.5 Å². The number of alkyl carbamates (subject to hydrolysis) is 1. The van der Waals surface area contributed by atoms with Crippen LogP contribution in [0.3, 0.4) is 0 Å². The van der Waals surface area contributed by atoms with Crippen molar-refractivity contribution in [3.63, 3.8) is 0 Å². The van der Waals surface area contributed by atoms with E-state index in [0.29, 0.717) is 35.3 Å². The second-order valence-corrected chi connectivity index (χ2v) is 8.74. The Bertz CT molecular complexity index is 1090. The van der Waals surface area contributed by atoms with Crippen molar-refractivity contribution in [1.29, 1.82) is 0 Å². The Hall–Kier alpha value is -3.07. The van der Waals surface area contributed by atoms with Gasteiger partial charge in [0.1, 0.15) is 22.8 Å². The van der Waals surface area contributed by atoms with E-state index in [9.17, 15) is 4.79 Å². The average molecular weight is 445 g/mol. The van der Waals surface area contributed by atoms with Gasteiger partial charge in [0.25, 0.3) is 0 Å². The maximum atomic E-state index is 12.0. The number of hydrogen-bond acceptors (Lipinski definition) is 7. The predicted molar refractivity (Wildman–Crippen MR) is 118 cm³/mol. The van der Waals surface area contributed by atoms with Crippen LogP contribution in [-0.2, 0) is 11.2 Å². The number of aromatic amines is 1. The number of carbonyl (C=O) groups excluding carboxylic acids is 1. The molecule has 0 bridgehead atoms. The zero-order valence-electron chi connectivity index (χ0n) is 17.9. The number of carbonyl (C=O) groups is 1. The molecule has 1 amide bonds. The van der Waals surface area contributed by atoms with E-state index in [1.165, 1.54) is 0 Å². The Labute approximate surface area is 185 Å². The smallest absolute Gasteiger partial charge is 0.407 e. The molecule has 1 aliphatic rings. The van der Waals surface area contributed by atoms with Crippen molar-refractivity contribution < 1.29 is 14.3 Å². The van der Waals surface area contributed by atoms with Crippen LogP contribution < -0.4 is 15.0 Å². The van der Waals surface area contributed by atoms with Crippen molar-refractivity contribution in [2.75, 3.05) is 18.0 Å². The summed E-state index contributed by atoms with van der Waals surface area (Å²) in [4.78, 5) is 30.5. The average Bonchev–Trinajstić information content (AvgIpc) is 2.99. The number of halogens is 1. The van der Waals surface area contributed by atoms with Crippen LogP contribution in [0.5, 0.6) is 11.8 Å². The summed E-state index contributed by atoms with van der Waals surface area (Å²) in [5.41, 5.74) is 0.948. The fraction of sp³-hybridized carbons (Fsp3) is 0.429. The number of amides is 1. The topological polar surface area (TPSA) is 105 Å². The van der Waals surface area contributed by atoms with Gasteiger partial charge in [0.05, 0.1) is 22.6 Å². The second-order valence-electron chi connectivity index (χ2n) is 8.36. The summed E-state index contributed by atoms with van der Waals surface area (Å²) in [6.45, 7) is 8.66. The van der Waals surface area contributed by atoms with Crippen LogP contribution >= 0.6 is 11.6 Å². The lowest BCUT2D eigenvalue weighted by Crippen LogP contribution is -2.60. The van der Waals surface area contributed by atoms with Gasteiger partial charge in [0.15, 0.2) is 0 Å². The van der Waals surface area contributed by atoms with Crippen molar-refractivity contribution >= 4 is 34.5 Å². The van der Waals surface area contributed by atoms with Gasteiger partial charge in [-0.15, -0.1) is 0 Å². The standard InChI is InChI=1S/C21H25ClN6O3/c1-5-14-16(22)15-17(25-14)26-19(30-13-7-6-8-23-9-13)27-18(15)28-10-12(11-28)24-20(29)31-21(2,3)4/h6-9,12H,5,10-11H2,1-4H3,(H,24,29)(H,25,26,27). The maximum absolute atomic E-state index is 12.0. The number of fused-ring (bicyclic) bond motifs is 1. The van der Waals surface area contributed by atoms with Crippen LogP contribution in [0.15, 0.2) is 24.5 Å². The van der Waals surface area contributed by atoms with E-state index >= 15 is 0 Å². The van der Waals surface area contributed by atoms with Crippen molar-refractivity contribution in [3.8, 4) is 11.8 Å². The molecule has 0 radical (unpaired) electrons. The van der Waals surface area contributed by atoms with Crippen molar-refractivity contribution in [3.05, 3.63) is 35.2 Å². The number of rotatable bonds is 5. The molecule has 2 N–H and O–H groups in total. The summed E-state index contributed by atoms with van der Waals surface area (Å²) in [5, 5.41) is 4.22. The number of anilines is 1. The van der Waals surface area contributed by atoms with E-state index in [2.05, 4.69) is 25.3 Å². The van der Waals surface area contributed by atoms with Crippen LogP contribution in [0.4, 0.5) is 10.6 Å². The van der Waals surface area contributed by atoms with E-state index in [0.717, 1.165) is 17.5 Å². The number of ether oxygens (including phenoxy) is 2. The minimum atomic E-state index is -0.542. The molecule has 0 atom stereocenters. The van der Waals surface area contributed by atoms with Crippen LogP contribution in [0.1, 0.15) is 33.4 Å². The third-order valence-corrected chi connectivity index (χ3v) is 5.14. The number of aromatic nitrogens is 4. The number of hydrogen-bond donors (Lipinski definition) is 2. The predicted octanol–water partition coefficient (Wildman–Crippen LogP) is 4.07. The van der Waals surface area contributed by atoms with Gasteiger partial charge in [-0.25, -0.2) is 4.79 Å². The summed E-state index contributed by atoms with van der Waals surface area (Å²) in [5.74, 6) is 1.20. The summed E-state index contributed by atoms with van der Waals surface area (Å²) in [6, 6.07) is 3.70. The molecule has 0 aliphatic carbocycles. The lowest BCUT2D eigenvalue weighted by Gasteiger charge is -2.40. The molecule has 1 aliphatic heterocycles. The van der Waals surface area contributed by atoms with E-state index < -0.39 is 11.7 Å². The number of nitrogens with one attached hydrogen (secondary N) is 2. The molecule has 3 aromatic rings. The van der Waals surface area contributed by atoms with Gasteiger partial charge < -0.3 is 24.7 Å². The summed E-state index contributed by atoms with van der Waals surface area (Å²) in [6.07, 6.45) is 3.56. The minimum absolute atomic E-state index is 0.0501. The molecule has 10 heteroatoms. The zero-order valence-corrected chi connectivity index (χ0v) is 18.7. The molecule has 4 rings (SSSR count). The Kier molecular flexibility index (Phi) is 5.62. The molecule has 0 spiro atoms. The number of nitrogens with zero attached hydrogens (tertiary/aromatic N) is 4. The summed E-state index contributed by atoms with van der Waals surface area (Å²) in [7, 11) is 0. The zero-order chi connectivity index (χ0) is 22.2. The third kappa shape index (κ3) is 4.66. The molecule has 0 aromatic carbocycles. The molecule has 1 saturated heterocycles. The van der Waals surface area contributed by atoms with Gasteiger partial charge in [-0.3, -0.25) is 4.98 Å². The number of H-pyrrole nitrogens is 1. The lowest BCUT2D eigenvalue weighted by atomic mass is 10.1. The highest BCUT2D eigenvalue weighted by Crippen LogP contribution is 2.37. The molecular formula is C21H25ClN6O3. The highest BCUT2D eigenvalue weighted by atomic mass is 35.5. The number of aryl methyl sites for hydroxylation is 1. The highest BCUT2D eigenvalue weighted by Gasteiger charge is 2.33. The first-order valence-corrected chi connectivity index (χ1v) is 10.5. The van der Waals surface area contributed by atoms with Crippen LogP contribution in [0.25, 0.3) is 11.0 Å². The largest absolute Gasteiger partial charge is 0.444 e. The van der Waals surface area contributed by atoms with Gasteiger partial charge in [-0.2, -0.15) is 9.97 Å². The molecule has 9 nitrogen and oxygen atoms in total. The summed E-state index contributed by atoms with van der Waals surface area (Å²) >= 11 is 6.61. The first-order chi connectivity index (χ1) is 14.7. The van der Waals surface area contributed by atoms with E-state index in [-0.39, 0.29) is 12.1 Å². The highest BCUT2D eigenvalue weighted by molar-refractivity contribution is 6.37. The molecule has 0 saturated carbocycles. The molecular weight excluding hydrogens is 420 g/mol. The molecule has 0 unspecified atom stereocenters. The van der Waals surface area contributed by atoms with E-state index in [1.807, 2.05) is 32.6 Å². The number of pyridine rings is 1. The molecule has 1 fully saturated rings. The Morgan fingerprint density at radius 1 is 1.35 bits per heavy atom.